The fourth-order valence-corrected chi connectivity index (χ4v) is 4.98. The maximum Gasteiger partial charge on any atom is 0.325 e. The molecule has 0 spiro atoms. The number of carbonyl (C=O) groups excluding carboxylic acids is 3. The normalized spacial score (nSPS) is 20.9. The van der Waals surface area contributed by atoms with Crippen molar-refractivity contribution in [2.24, 2.45) is 5.92 Å². The zero-order valence-electron chi connectivity index (χ0n) is 19.5. The number of hydrogen-bond donors (Lipinski definition) is 1. The van der Waals surface area contributed by atoms with Crippen molar-refractivity contribution in [3.05, 3.63) is 83.9 Å². The molecule has 0 radical (unpaired) electrons. The molecule has 174 valence electrons. The first kappa shape index (κ1) is 22.1. The molecule has 2 fully saturated rings. The quantitative estimate of drug-likeness (QED) is 0.536. The highest BCUT2D eigenvalue weighted by atomic mass is 16.2. The van der Waals surface area contributed by atoms with Gasteiger partial charge in [0.05, 0.1) is 0 Å². The Bertz CT molecular complexity index is 1250. The average molecular weight is 456 g/mol. The molecule has 5 rings (SSSR count). The maximum absolute atomic E-state index is 13.6. The van der Waals surface area contributed by atoms with Gasteiger partial charge in [0.25, 0.3) is 5.91 Å². The van der Waals surface area contributed by atoms with E-state index in [9.17, 15) is 14.4 Å². The van der Waals surface area contributed by atoms with E-state index in [0.29, 0.717) is 12.5 Å². The van der Waals surface area contributed by atoms with Crippen molar-refractivity contribution < 1.29 is 14.4 Å². The molecule has 6 heteroatoms. The lowest BCUT2D eigenvalue weighted by Crippen LogP contribution is -2.47. The van der Waals surface area contributed by atoms with Crippen LogP contribution in [-0.2, 0) is 21.7 Å². The van der Waals surface area contributed by atoms with E-state index < -0.39 is 17.5 Å². The molecule has 3 aromatic carbocycles. The topological polar surface area (TPSA) is 69.7 Å². The molecular formula is C28H29N3O3. The molecule has 1 N–H and O–H groups in total. The number of amides is 4. The molecule has 1 aliphatic carbocycles. The molecule has 0 aromatic heterocycles. The molecule has 1 saturated carbocycles. The highest BCUT2D eigenvalue weighted by Gasteiger charge is 2.50. The second-order valence-electron chi connectivity index (χ2n) is 9.56. The largest absolute Gasteiger partial charge is 0.334 e. The molecule has 1 saturated heterocycles. The minimum atomic E-state index is -1.23. The van der Waals surface area contributed by atoms with Gasteiger partial charge in [0.2, 0.25) is 5.91 Å². The maximum atomic E-state index is 13.6. The highest BCUT2D eigenvalue weighted by Crippen LogP contribution is 2.37. The SMILES string of the molecule is CC(C1CC1)N(Cc1ccccc1)C(=O)CN1C(=O)NC(C)(c2cccc3ccccc23)C1=O. The second-order valence-corrected chi connectivity index (χ2v) is 9.56. The first-order valence-corrected chi connectivity index (χ1v) is 11.8. The van der Waals surface area contributed by atoms with Gasteiger partial charge in [0.15, 0.2) is 0 Å². The van der Waals surface area contributed by atoms with Crippen molar-refractivity contribution >= 4 is 28.6 Å². The Labute approximate surface area is 199 Å². The monoisotopic (exact) mass is 455 g/mol. The minimum Gasteiger partial charge on any atom is -0.334 e. The Kier molecular flexibility index (Phi) is 5.60. The van der Waals surface area contributed by atoms with Crippen molar-refractivity contribution in [1.29, 1.82) is 0 Å². The van der Waals surface area contributed by atoms with Gasteiger partial charge in [-0.05, 0) is 54.5 Å². The number of fused-ring (bicyclic) bond motifs is 1. The van der Waals surface area contributed by atoms with Crippen LogP contribution in [0.15, 0.2) is 72.8 Å². The number of rotatable bonds is 7. The van der Waals surface area contributed by atoms with Crippen LogP contribution in [0.25, 0.3) is 10.8 Å². The first-order chi connectivity index (χ1) is 16.4. The summed E-state index contributed by atoms with van der Waals surface area (Å²) in [6.45, 7) is 3.97. The minimum absolute atomic E-state index is 0.0536. The summed E-state index contributed by atoms with van der Waals surface area (Å²) < 4.78 is 0. The zero-order valence-corrected chi connectivity index (χ0v) is 19.5. The van der Waals surface area contributed by atoms with Crippen molar-refractivity contribution in [2.75, 3.05) is 6.54 Å². The zero-order chi connectivity index (χ0) is 23.9. The molecule has 3 aromatic rings. The first-order valence-electron chi connectivity index (χ1n) is 11.8. The van der Waals surface area contributed by atoms with E-state index in [1.807, 2.05) is 77.7 Å². The Morgan fingerprint density at radius 1 is 1.03 bits per heavy atom. The lowest BCUT2D eigenvalue weighted by molar-refractivity contribution is -0.140. The second kappa shape index (κ2) is 8.60. The van der Waals surface area contributed by atoms with Gasteiger partial charge in [-0.2, -0.15) is 0 Å². The molecule has 6 nitrogen and oxygen atoms in total. The third-order valence-electron chi connectivity index (χ3n) is 7.21. The predicted molar refractivity (Wildman–Crippen MR) is 131 cm³/mol. The summed E-state index contributed by atoms with van der Waals surface area (Å²) in [5.74, 6) is -0.147. The van der Waals surface area contributed by atoms with Crippen molar-refractivity contribution in [3.8, 4) is 0 Å². The smallest absolute Gasteiger partial charge is 0.325 e. The van der Waals surface area contributed by atoms with E-state index in [0.717, 1.165) is 39.6 Å². The van der Waals surface area contributed by atoms with E-state index in [2.05, 4.69) is 12.2 Å². The number of benzene rings is 3. The van der Waals surface area contributed by atoms with Gasteiger partial charge in [-0.25, -0.2) is 4.79 Å². The molecule has 1 aliphatic heterocycles. The van der Waals surface area contributed by atoms with Crippen LogP contribution in [0.5, 0.6) is 0 Å². The molecule has 1 heterocycles. The van der Waals surface area contributed by atoms with Crippen LogP contribution in [-0.4, -0.2) is 40.2 Å². The van der Waals surface area contributed by atoms with Gasteiger partial charge in [-0.3, -0.25) is 14.5 Å². The summed E-state index contributed by atoms with van der Waals surface area (Å²) in [5, 5.41) is 4.76. The standard InChI is InChI=1S/C28H29N3O3/c1-19(21-15-16-21)30(17-20-9-4-3-5-10-20)25(32)18-31-26(33)28(2,29-27(31)34)24-14-8-12-22-11-6-7-13-23(22)24/h3-14,19,21H,15-18H2,1-2H3,(H,29,34). The number of imide groups is 1. The van der Waals surface area contributed by atoms with Gasteiger partial charge in [-0.15, -0.1) is 0 Å². The summed E-state index contributed by atoms with van der Waals surface area (Å²) >= 11 is 0. The van der Waals surface area contributed by atoms with E-state index in [1.54, 1.807) is 6.92 Å². The van der Waals surface area contributed by atoms with E-state index in [-0.39, 0.29) is 18.5 Å². The summed E-state index contributed by atoms with van der Waals surface area (Å²) in [6, 6.07) is 22.9. The highest BCUT2D eigenvalue weighted by molar-refractivity contribution is 6.10. The lowest BCUT2D eigenvalue weighted by Gasteiger charge is -2.31. The van der Waals surface area contributed by atoms with E-state index >= 15 is 0 Å². The Morgan fingerprint density at radius 3 is 2.44 bits per heavy atom. The lowest BCUT2D eigenvalue weighted by atomic mass is 9.88. The third-order valence-corrected chi connectivity index (χ3v) is 7.21. The van der Waals surface area contributed by atoms with Crippen molar-refractivity contribution in [1.82, 2.24) is 15.1 Å². The Balaban J connectivity index is 1.40. The number of urea groups is 1. The molecule has 4 amide bonds. The van der Waals surface area contributed by atoms with Crippen LogP contribution in [0, 0.1) is 5.92 Å². The molecule has 2 atom stereocenters. The molecule has 2 aliphatic rings. The average Bonchev–Trinajstić information content (AvgIpc) is 3.67. The number of nitrogens with one attached hydrogen (secondary N) is 1. The van der Waals surface area contributed by atoms with Gasteiger partial charge >= 0.3 is 6.03 Å². The van der Waals surface area contributed by atoms with Gasteiger partial charge in [-0.1, -0.05) is 72.8 Å². The van der Waals surface area contributed by atoms with E-state index in [4.69, 9.17) is 0 Å². The molecule has 34 heavy (non-hydrogen) atoms. The molecule has 0 bridgehead atoms. The summed E-state index contributed by atoms with van der Waals surface area (Å²) in [4.78, 5) is 42.9. The van der Waals surface area contributed by atoms with Crippen LogP contribution >= 0.6 is 0 Å². The number of hydrogen-bond acceptors (Lipinski definition) is 3. The molecular weight excluding hydrogens is 426 g/mol. The van der Waals surface area contributed by atoms with Crippen LogP contribution in [0.4, 0.5) is 4.79 Å². The fraction of sp³-hybridized carbons (Fsp3) is 0.321. The van der Waals surface area contributed by atoms with Crippen LogP contribution in [0.1, 0.15) is 37.8 Å². The van der Waals surface area contributed by atoms with E-state index in [1.165, 1.54) is 0 Å². The summed E-state index contributed by atoms with van der Waals surface area (Å²) in [6.07, 6.45) is 2.20. The van der Waals surface area contributed by atoms with Gasteiger partial charge < -0.3 is 10.2 Å². The fourth-order valence-electron chi connectivity index (χ4n) is 4.98. The van der Waals surface area contributed by atoms with Crippen LogP contribution in [0.2, 0.25) is 0 Å². The van der Waals surface area contributed by atoms with Gasteiger partial charge in [0.1, 0.15) is 12.1 Å². The van der Waals surface area contributed by atoms with Crippen molar-refractivity contribution in [2.45, 2.75) is 44.8 Å². The summed E-state index contributed by atoms with van der Waals surface area (Å²) in [5.41, 5.74) is 0.525. The van der Waals surface area contributed by atoms with Crippen molar-refractivity contribution in [3.63, 3.8) is 0 Å². The Hall–Kier alpha value is -3.67. The number of carbonyl (C=O) groups is 3. The third kappa shape index (κ3) is 3.94. The summed E-state index contributed by atoms with van der Waals surface area (Å²) in [7, 11) is 0. The number of nitrogens with zero attached hydrogens (tertiary/aromatic N) is 2. The Morgan fingerprint density at radius 2 is 1.71 bits per heavy atom. The molecule has 2 unspecified atom stereocenters. The van der Waals surface area contributed by atoms with Crippen LogP contribution in [0.3, 0.4) is 0 Å². The predicted octanol–water partition coefficient (Wildman–Crippen LogP) is 4.43. The van der Waals surface area contributed by atoms with Gasteiger partial charge in [0, 0.05) is 12.6 Å². The van der Waals surface area contributed by atoms with Crippen LogP contribution < -0.4 is 5.32 Å².